The van der Waals surface area contributed by atoms with Gasteiger partial charge < -0.3 is 4.74 Å². The van der Waals surface area contributed by atoms with Crippen molar-refractivity contribution in [1.82, 2.24) is 4.98 Å². The molecule has 1 heterocycles. The molecule has 0 saturated carbocycles. The monoisotopic (exact) mass is 332 g/mol. The Kier molecular flexibility index (Phi) is 4.04. The molecule has 0 radical (unpaired) electrons. The lowest BCUT2D eigenvalue weighted by molar-refractivity contribution is -0.384. The topological polar surface area (TPSA) is 65.3 Å². The van der Waals surface area contributed by atoms with Crippen LogP contribution in [0.3, 0.4) is 0 Å². The van der Waals surface area contributed by atoms with Gasteiger partial charge in [-0.15, -0.1) is 11.3 Å². The van der Waals surface area contributed by atoms with Gasteiger partial charge in [0.1, 0.15) is 11.5 Å². The summed E-state index contributed by atoms with van der Waals surface area (Å²) >= 11 is 7.56. The zero-order chi connectivity index (χ0) is 15.5. The predicted molar refractivity (Wildman–Crippen MR) is 85.7 cm³/mol. The fourth-order valence-corrected chi connectivity index (χ4v) is 2.72. The number of ether oxygens (including phenoxy) is 1. The van der Waals surface area contributed by atoms with Crippen molar-refractivity contribution in [3.05, 3.63) is 69.3 Å². The molecule has 0 aliphatic carbocycles. The number of thiazole rings is 1. The summed E-state index contributed by atoms with van der Waals surface area (Å²) in [5.41, 5.74) is 2.67. The molecule has 0 unspecified atom stereocenters. The molecule has 0 bridgehead atoms. The summed E-state index contributed by atoms with van der Waals surface area (Å²) in [5.74, 6) is 0.968. The second-order valence-electron chi connectivity index (χ2n) is 4.37. The van der Waals surface area contributed by atoms with Gasteiger partial charge in [0.05, 0.1) is 20.3 Å². The fourth-order valence-electron chi connectivity index (χ4n) is 1.88. The summed E-state index contributed by atoms with van der Waals surface area (Å²) in [4.78, 5) is 15.3. The minimum absolute atomic E-state index is 0.0734. The fraction of sp³-hybridized carbons (Fsp3) is 0. The molecule has 7 heteroatoms. The van der Waals surface area contributed by atoms with Crippen LogP contribution in [-0.4, -0.2) is 9.91 Å². The Bertz CT molecular complexity index is 821. The molecular weight excluding hydrogens is 324 g/mol. The molecular formula is C15H9ClN2O3S. The quantitative estimate of drug-likeness (QED) is 0.488. The maximum Gasteiger partial charge on any atom is 0.271 e. The van der Waals surface area contributed by atoms with Gasteiger partial charge >= 0.3 is 0 Å². The first-order valence-corrected chi connectivity index (χ1v) is 7.50. The summed E-state index contributed by atoms with van der Waals surface area (Å²) in [5, 5.41) is 10.9. The van der Waals surface area contributed by atoms with Crippen LogP contribution in [0.1, 0.15) is 0 Å². The maximum atomic E-state index is 10.7. The zero-order valence-electron chi connectivity index (χ0n) is 11.1. The summed E-state index contributed by atoms with van der Waals surface area (Å²) < 4.78 is 5.71. The van der Waals surface area contributed by atoms with Crippen molar-refractivity contribution < 1.29 is 9.66 Å². The van der Waals surface area contributed by atoms with Gasteiger partial charge in [0, 0.05) is 18.3 Å². The molecule has 0 aliphatic heterocycles. The van der Waals surface area contributed by atoms with E-state index in [2.05, 4.69) is 4.98 Å². The van der Waals surface area contributed by atoms with E-state index >= 15 is 0 Å². The normalized spacial score (nSPS) is 10.4. The average molecular weight is 333 g/mol. The third-order valence-corrected chi connectivity index (χ3v) is 4.02. The van der Waals surface area contributed by atoms with Gasteiger partial charge in [-0.25, -0.2) is 0 Å². The van der Waals surface area contributed by atoms with Gasteiger partial charge in [0.2, 0.25) is 0 Å². The van der Waals surface area contributed by atoms with Crippen LogP contribution in [0.25, 0.3) is 10.4 Å². The largest absolute Gasteiger partial charge is 0.456 e. The molecule has 0 aliphatic rings. The average Bonchev–Trinajstić information content (AvgIpc) is 3.04. The van der Waals surface area contributed by atoms with Gasteiger partial charge in [-0.3, -0.25) is 15.1 Å². The van der Waals surface area contributed by atoms with Crippen molar-refractivity contribution in [3.8, 4) is 21.9 Å². The van der Waals surface area contributed by atoms with Crippen molar-refractivity contribution in [3.63, 3.8) is 0 Å². The van der Waals surface area contributed by atoms with Crippen LogP contribution < -0.4 is 4.74 Å². The first kappa shape index (κ1) is 14.5. The molecule has 0 saturated heterocycles. The molecule has 0 N–H and O–H groups in total. The van der Waals surface area contributed by atoms with Crippen molar-refractivity contribution in [2.24, 2.45) is 0 Å². The second-order valence-corrected chi connectivity index (χ2v) is 5.66. The Morgan fingerprint density at radius 3 is 2.77 bits per heavy atom. The molecule has 3 rings (SSSR count). The minimum Gasteiger partial charge on any atom is -0.456 e. The Morgan fingerprint density at radius 1 is 1.23 bits per heavy atom. The van der Waals surface area contributed by atoms with Gasteiger partial charge in [-0.1, -0.05) is 23.7 Å². The molecule has 1 aromatic heterocycles. The lowest BCUT2D eigenvalue weighted by atomic mass is 10.2. The smallest absolute Gasteiger partial charge is 0.271 e. The number of aromatic nitrogens is 1. The Balaban J connectivity index is 1.87. The van der Waals surface area contributed by atoms with Crippen LogP contribution in [-0.2, 0) is 0 Å². The van der Waals surface area contributed by atoms with E-state index in [1.54, 1.807) is 17.8 Å². The van der Waals surface area contributed by atoms with Crippen LogP contribution in [0, 0.1) is 10.1 Å². The van der Waals surface area contributed by atoms with Crippen molar-refractivity contribution >= 4 is 28.6 Å². The van der Waals surface area contributed by atoms with E-state index in [0.717, 1.165) is 10.4 Å². The third-order valence-electron chi connectivity index (χ3n) is 2.90. The van der Waals surface area contributed by atoms with Crippen LogP contribution in [0.2, 0.25) is 5.02 Å². The summed E-state index contributed by atoms with van der Waals surface area (Å²) in [7, 11) is 0. The van der Waals surface area contributed by atoms with Gasteiger partial charge in [-0.05, 0) is 23.8 Å². The first-order valence-electron chi connectivity index (χ1n) is 6.24. The van der Waals surface area contributed by atoms with E-state index in [-0.39, 0.29) is 10.7 Å². The standard InChI is InChI=1S/C15H9ClN2O3S/c16-13-7-11(18(19)20)4-5-14(13)21-12-3-1-2-10(6-12)15-8-17-9-22-15/h1-9H. The van der Waals surface area contributed by atoms with E-state index in [9.17, 15) is 10.1 Å². The van der Waals surface area contributed by atoms with Crippen molar-refractivity contribution in [1.29, 1.82) is 0 Å². The zero-order valence-corrected chi connectivity index (χ0v) is 12.7. The number of hydrogen-bond donors (Lipinski definition) is 0. The number of hydrogen-bond acceptors (Lipinski definition) is 5. The van der Waals surface area contributed by atoms with Crippen LogP contribution >= 0.6 is 22.9 Å². The second kappa shape index (κ2) is 6.13. The number of halogens is 1. The van der Waals surface area contributed by atoms with E-state index in [1.807, 2.05) is 18.2 Å². The molecule has 0 spiro atoms. The molecule has 5 nitrogen and oxygen atoms in total. The molecule has 0 amide bonds. The number of nitro groups is 1. The Hall–Kier alpha value is -2.44. The minimum atomic E-state index is -0.500. The van der Waals surface area contributed by atoms with E-state index in [1.165, 1.54) is 29.5 Å². The third kappa shape index (κ3) is 3.08. The Morgan fingerprint density at radius 2 is 2.09 bits per heavy atom. The van der Waals surface area contributed by atoms with Crippen molar-refractivity contribution in [2.75, 3.05) is 0 Å². The summed E-state index contributed by atoms with van der Waals surface area (Å²) in [6, 6.07) is 11.6. The number of rotatable bonds is 4. The number of non-ortho nitro benzene ring substituents is 1. The molecule has 22 heavy (non-hydrogen) atoms. The lowest BCUT2D eigenvalue weighted by Crippen LogP contribution is -1.90. The maximum absolute atomic E-state index is 10.7. The highest BCUT2D eigenvalue weighted by atomic mass is 35.5. The van der Waals surface area contributed by atoms with Crippen LogP contribution in [0.15, 0.2) is 54.2 Å². The first-order chi connectivity index (χ1) is 10.6. The van der Waals surface area contributed by atoms with Gasteiger partial charge in [0.15, 0.2) is 0 Å². The highest BCUT2D eigenvalue weighted by Crippen LogP contribution is 2.34. The highest BCUT2D eigenvalue weighted by Gasteiger charge is 2.11. The number of benzene rings is 2. The van der Waals surface area contributed by atoms with Crippen LogP contribution in [0.5, 0.6) is 11.5 Å². The molecule has 3 aromatic rings. The Labute approximate surface area is 134 Å². The van der Waals surface area contributed by atoms with Gasteiger partial charge in [0.25, 0.3) is 5.69 Å². The van der Waals surface area contributed by atoms with Gasteiger partial charge in [-0.2, -0.15) is 0 Å². The summed E-state index contributed by atoms with van der Waals surface area (Å²) in [6.45, 7) is 0. The lowest BCUT2D eigenvalue weighted by Gasteiger charge is -2.08. The van der Waals surface area contributed by atoms with E-state index < -0.39 is 4.92 Å². The van der Waals surface area contributed by atoms with Crippen LogP contribution in [0.4, 0.5) is 5.69 Å². The van der Waals surface area contributed by atoms with E-state index in [0.29, 0.717) is 11.5 Å². The molecule has 0 fully saturated rings. The number of nitro benzene ring substituents is 1. The molecule has 0 atom stereocenters. The highest BCUT2D eigenvalue weighted by molar-refractivity contribution is 7.13. The predicted octanol–water partition coefficient (Wildman–Crippen LogP) is 5.16. The number of nitrogens with zero attached hydrogens (tertiary/aromatic N) is 2. The molecule has 110 valence electrons. The SMILES string of the molecule is O=[N+]([O-])c1ccc(Oc2cccc(-c3cncs3)c2)c(Cl)c1. The van der Waals surface area contributed by atoms with Crippen molar-refractivity contribution in [2.45, 2.75) is 0 Å². The summed E-state index contributed by atoms with van der Waals surface area (Å²) in [6.07, 6.45) is 1.78. The molecule has 2 aromatic carbocycles. The van der Waals surface area contributed by atoms with E-state index in [4.69, 9.17) is 16.3 Å².